The molecule has 2 aromatic rings. The van der Waals surface area contributed by atoms with Crippen LogP contribution < -0.4 is 5.32 Å². The zero-order valence-corrected chi connectivity index (χ0v) is 11.2. The van der Waals surface area contributed by atoms with Crippen molar-refractivity contribution in [3.63, 3.8) is 0 Å². The van der Waals surface area contributed by atoms with Crippen molar-refractivity contribution in [3.05, 3.63) is 65.7 Å². The van der Waals surface area contributed by atoms with Gasteiger partial charge < -0.3 is 9.84 Å². The third-order valence-electron chi connectivity index (χ3n) is 2.99. The van der Waals surface area contributed by atoms with Crippen molar-refractivity contribution in [3.8, 4) is 5.75 Å². The molecule has 2 rings (SSSR count). The first kappa shape index (κ1) is 14.1. The van der Waals surface area contributed by atoms with E-state index in [1.807, 2.05) is 30.3 Å². The van der Waals surface area contributed by atoms with Gasteiger partial charge in [0.05, 0.1) is 7.11 Å². The van der Waals surface area contributed by atoms with Crippen molar-refractivity contribution in [2.24, 2.45) is 0 Å². The van der Waals surface area contributed by atoms with Gasteiger partial charge in [0.15, 0.2) is 0 Å². The average molecular weight is 271 g/mol. The lowest BCUT2D eigenvalue weighted by Crippen LogP contribution is -2.29. The zero-order valence-electron chi connectivity index (χ0n) is 11.2. The summed E-state index contributed by atoms with van der Waals surface area (Å²) < 4.78 is 4.81. The molecule has 0 amide bonds. The Morgan fingerprint density at radius 1 is 1.20 bits per heavy atom. The van der Waals surface area contributed by atoms with Gasteiger partial charge >= 0.3 is 5.97 Å². The Hall–Kier alpha value is -2.33. The van der Waals surface area contributed by atoms with Gasteiger partial charge in [0.1, 0.15) is 11.8 Å². The number of methoxy groups -OCH3 is 1. The van der Waals surface area contributed by atoms with E-state index in [2.05, 4.69) is 5.32 Å². The summed E-state index contributed by atoms with van der Waals surface area (Å²) in [5, 5.41) is 12.7. The molecule has 0 aliphatic heterocycles. The van der Waals surface area contributed by atoms with E-state index in [-0.39, 0.29) is 11.7 Å². The fourth-order valence-corrected chi connectivity index (χ4v) is 1.98. The molecule has 2 aromatic carbocycles. The number of carbonyl (C=O) groups is 1. The highest BCUT2D eigenvalue weighted by atomic mass is 16.5. The van der Waals surface area contributed by atoms with E-state index in [4.69, 9.17) is 4.74 Å². The molecular formula is C16H17NO3. The summed E-state index contributed by atoms with van der Waals surface area (Å²) in [4.78, 5) is 11.9. The molecular weight excluding hydrogens is 254 g/mol. The molecule has 0 radical (unpaired) electrons. The lowest BCUT2D eigenvalue weighted by atomic mass is 10.1. The number of hydrogen-bond acceptors (Lipinski definition) is 4. The molecule has 104 valence electrons. The van der Waals surface area contributed by atoms with E-state index in [9.17, 15) is 9.90 Å². The standard InChI is InChI=1S/C16H17NO3/c1-20-16(19)15(13-8-5-9-14(18)10-13)17-11-12-6-3-2-4-7-12/h2-10,15,17-18H,11H2,1H3. The predicted octanol–water partition coefficient (Wildman–Crippen LogP) is 2.40. The Balaban J connectivity index is 2.14. The molecule has 0 aliphatic carbocycles. The van der Waals surface area contributed by atoms with E-state index in [0.29, 0.717) is 12.1 Å². The van der Waals surface area contributed by atoms with Crippen LogP contribution in [-0.2, 0) is 16.1 Å². The van der Waals surface area contributed by atoms with Gasteiger partial charge in [-0.15, -0.1) is 0 Å². The number of hydrogen-bond donors (Lipinski definition) is 2. The molecule has 0 fully saturated rings. The topological polar surface area (TPSA) is 58.6 Å². The number of aromatic hydroxyl groups is 1. The maximum atomic E-state index is 11.9. The van der Waals surface area contributed by atoms with Crippen LogP contribution in [0.5, 0.6) is 5.75 Å². The molecule has 0 aliphatic rings. The number of esters is 1. The average Bonchev–Trinajstić information content (AvgIpc) is 2.48. The summed E-state index contributed by atoms with van der Waals surface area (Å²) in [5.41, 5.74) is 1.74. The van der Waals surface area contributed by atoms with E-state index >= 15 is 0 Å². The lowest BCUT2D eigenvalue weighted by molar-refractivity contribution is -0.143. The van der Waals surface area contributed by atoms with E-state index in [0.717, 1.165) is 5.56 Å². The maximum Gasteiger partial charge on any atom is 0.327 e. The molecule has 0 bridgehead atoms. The third kappa shape index (κ3) is 3.59. The maximum absolute atomic E-state index is 11.9. The number of ether oxygens (including phenoxy) is 1. The first-order valence-electron chi connectivity index (χ1n) is 6.35. The highest BCUT2D eigenvalue weighted by Gasteiger charge is 2.21. The Morgan fingerprint density at radius 3 is 2.60 bits per heavy atom. The monoisotopic (exact) mass is 271 g/mol. The lowest BCUT2D eigenvalue weighted by Gasteiger charge is -2.17. The second-order valence-electron chi connectivity index (χ2n) is 4.42. The number of phenols is 1. The molecule has 2 N–H and O–H groups in total. The Kier molecular flexibility index (Phi) is 4.74. The van der Waals surface area contributed by atoms with Gasteiger partial charge in [-0.2, -0.15) is 0 Å². The van der Waals surface area contributed by atoms with E-state index < -0.39 is 6.04 Å². The summed E-state index contributed by atoms with van der Waals surface area (Å²) in [7, 11) is 1.35. The fourth-order valence-electron chi connectivity index (χ4n) is 1.98. The van der Waals surface area contributed by atoms with Crippen LogP contribution in [0.25, 0.3) is 0 Å². The summed E-state index contributed by atoms with van der Waals surface area (Å²) in [6.07, 6.45) is 0. The molecule has 0 aromatic heterocycles. The van der Waals surface area contributed by atoms with Crippen molar-refractivity contribution in [1.29, 1.82) is 0 Å². The summed E-state index contributed by atoms with van der Waals surface area (Å²) in [6.45, 7) is 0.538. The van der Waals surface area contributed by atoms with Gasteiger partial charge in [-0.1, -0.05) is 42.5 Å². The van der Waals surface area contributed by atoms with Crippen LogP contribution in [0.4, 0.5) is 0 Å². The quantitative estimate of drug-likeness (QED) is 0.820. The third-order valence-corrected chi connectivity index (χ3v) is 2.99. The van der Waals surface area contributed by atoms with Gasteiger partial charge in [0.25, 0.3) is 0 Å². The first-order chi connectivity index (χ1) is 9.70. The normalized spacial score (nSPS) is 11.8. The van der Waals surface area contributed by atoms with Gasteiger partial charge in [-0.25, -0.2) is 4.79 Å². The minimum absolute atomic E-state index is 0.123. The van der Waals surface area contributed by atoms with Crippen molar-refractivity contribution in [2.75, 3.05) is 7.11 Å². The van der Waals surface area contributed by atoms with Crippen LogP contribution in [0.2, 0.25) is 0 Å². The first-order valence-corrected chi connectivity index (χ1v) is 6.35. The fraction of sp³-hybridized carbons (Fsp3) is 0.188. The minimum Gasteiger partial charge on any atom is -0.508 e. The molecule has 0 saturated carbocycles. The minimum atomic E-state index is -0.604. The van der Waals surface area contributed by atoms with Gasteiger partial charge in [0.2, 0.25) is 0 Å². The number of benzene rings is 2. The molecule has 4 nitrogen and oxygen atoms in total. The van der Waals surface area contributed by atoms with Gasteiger partial charge in [-0.05, 0) is 23.3 Å². The van der Waals surface area contributed by atoms with Crippen LogP contribution in [0.1, 0.15) is 17.2 Å². The number of phenolic OH excluding ortho intramolecular Hbond substituents is 1. The zero-order chi connectivity index (χ0) is 14.4. The largest absolute Gasteiger partial charge is 0.508 e. The predicted molar refractivity (Wildman–Crippen MR) is 76.1 cm³/mol. The van der Waals surface area contributed by atoms with Crippen LogP contribution in [-0.4, -0.2) is 18.2 Å². The van der Waals surface area contributed by atoms with Crippen molar-refractivity contribution in [1.82, 2.24) is 5.32 Å². The summed E-state index contributed by atoms with van der Waals surface area (Å²) in [6, 6.07) is 15.8. The Morgan fingerprint density at radius 2 is 1.95 bits per heavy atom. The number of carbonyl (C=O) groups excluding carboxylic acids is 1. The Bertz CT molecular complexity index is 569. The molecule has 1 atom stereocenters. The highest BCUT2D eigenvalue weighted by molar-refractivity contribution is 5.77. The van der Waals surface area contributed by atoms with Crippen molar-refractivity contribution < 1.29 is 14.6 Å². The Labute approximate surface area is 118 Å². The SMILES string of the molecule is COC(=O)C(NCc1ccccc1)c1cccc(O)c1. The molecule has 0 saturated heterocycles. The van der Waals surface area contributed by atoms with Crippen LogP contribution in [0, 0.1) is 0 Å². The summed E-state index contributed by atoms with van der Waals surface area (Å²) >= 11 is 0. The van der Waals surface area contributed by atoms with Crippen molar-refractivity contribution in [2.45, 2.75) is 12.6 Å². The summed E-state index contributed by atoms with van der Waals surface area (Å²) in [5.74, 6) is -0.260. The molecule has 1 unspecified atom stereocenters. The smallest absolute Gasteiger partial charge is 0.327 e. The van der Waals surface area contributed by atoms with Crippen LogP contribution in [0.3, 0.4) is 0 Å². The molecule has 0 heterocycles. The molecule has 0 spiro atoms. The van der Waals surface area contributed by atoms with Gasteiger partial charge in [-0.3, -0.25) is 5.32 Å². The van der Waals surface area contributed by atoms with Crippen LogP contribution in [0.15, 0.2) is 54.6 Å². The van der Waals surface area contributed by atoms with Gasteiger partial charge in [0, 0.05) is 6.54 Å². The second-order valence-corrected chi connectivity index (χ2v) is 4.42. The highest BCUT2D eigenvalue weighted by Crippen LogP contribution is 2.20. The molecule has 20 heavy (non-hydrogen) atoms. The second kappa shape index (κ2) is 6.73. The number of nitrogens with one attached hydrogen (secondary N) is 1. The number of rotatable bonds is 5. The molecule has 4 heteroatoms. The van der Waals surface area contributed by atoms with E-state index in [1.165, 1.54) is 7.11 Å². The van der Waals surface area contributed by atoms with Crippen LogP contribution >= 0.6 is 0 Å². The van der Waals surface area contributed by atoms with Crippen molar-refractivity contribution >= 4 is 5.97 Å². The van der Waals surface area contributed by atoms with E-state index in [1.54, 1.807) is 24.3 Å².